The van der Waals surface area contributed by atoms with E-state index in [-0.39, 0.29) is 25.0 Å². The molecule has 0 bridgehead atoms. The summed E-state index contributed by atoms with van der Waals surface area (Å²) >= 11 is 0. The van der Waals surface area contributed by atoms with Gasteiger partial charge in [0.05, 0.1) is 18.4 Å². The Morgan fingerprint density at radius 3 is 2.53 bits per heavy atom. The summed E-state index contributed by atoms with van der Waals surface area (Å²) < 4.78 is 41.6. The first-order chi connectivity index (χ1) is 17.0. The molecule has 0 unspecified atom stereocenters. The van der Waals surface area contributed by atoms with Gasteiger partial charge in [-0.05, 0) is 57.4 Å². The topological polar surface area (TPSA) is 121 Å². The zero-order valence-electron chi connectivity index (χ0n) is 20.7. The van der Waals surface area contributed by atoms with Crippen molar-refractivity contribution in [2.45, 2.75) is 76.5 Å². The number of carbonyl (C=O) groups excluding carboxylic acids is 2. The summed E-state index contributed by atoms with van der Waals surface area (Å²) in [5.74, 6) is -3.03. The van der Waals surface area contributed by atoms with Crippen molar-refractivity contribution in [2.75, 3.05) is 18.9 Å². The summed E-state index contributed by atoms with van der Waals surface area (Å²) in [6.45, 7) is 2.82. The predicted molar refractivity (Wildman–Crippen MR) is 130 cm³/mol. The van der Waals surface area contributed by atoms with Crippen LogP contribution in [0.15, 0.2) is 30.3 Å². The zero-order valence-corrected chi connectivity index (χ0v) is 21.5. The van der Waals surface area contributed by atoms with Crippen LogP contribution >= 0.6 is 0 Å². The number of amides is 1. The third-order valence-electron chi connectivity index (χ3n) is 7.33. The average Bonchev–Trinajstić information content (AvgIpc) is 3.42. The van der Waals surface area contributed by atoms with E-state index in [2.05, 4.69) is 0 Å². The molecule has 1 aliphatic carbocycles. The number of hydrogen-bond donors (Lipinski definition) is 1. The Hall–Kier alpha value is -2.53. The maximum Gasteiger partial charge on any atom is 0.326 e. The van der Waals surface area contributed by atoms with Crippen molar-refractivity contribution in [3.63, 3.8) is 0 Å². The number of hydrogen-bond acceptors (Lipinski definition) is 7. The molecule has 200 valence electrons. The van der Waals surface area contributed by atoms with E-state index in [1.165, 1.54) is 16.7 Å². The molecule has 2 fully saturated rings. The molecule has 36 heavy (non-hydrogen) atoms. The van der Waals surface area contributed by atoms with Crippen LogP contribution in [0.25, 0.3) is 0 Å². The minimum atomic E-state index is -4.89. The number of carboxylic acids is 1. The van der Waals surface area contributed by atoms with Gasteiger partial charge in [-0.15, -0.1) is 3.89 Å². The van der Waals surface area contributed by atoms with Crippen LogP contribution in [-0.4, -0.2) is 84.2 Å². The van der Waals surface area contributed by atoms with E-state index in [0.717, 1.165) is 18.4 Å². The lowest BCUT2D eigenvalue weighted by Crippen LogP contribution is -2.57. The smallest absolute Gasteiger partial charge is 0.326 e. The van der Waals surface area contributed by atoms with Crippen LogP contribution < -0.4 is 0 Å². The molecule has 1 amide bonds. The lowest BCUT2D eigenvalue weighted by atomic mass is 10.0. The number of rotatable bonds is 12. The van der Waals surface area contributed by atoms with E-state index in [1.807, 2.05) is 30.3 Å². The number of ether oxygens (including phenoxy) is 1. The number of carbonyl (C=O) groups is 3. The monoisotopic (exact) mass is 526 g/mol. The van der Waals surface area contributed by atoms with E-state index in [9.17, 15) is 31.8 Å². The van der Waals surface area contributed by atoms with Gasteiger partial charge in [-0.1, -0.05) is 36.8 Å². The normalized spacial score (nSPS) is 23.3. The molecular weight excluding hydrogens is 491 g/mol. The molecule has 1 N–H and O–H groups in total. The minimum Gasteiger partial charge on any atom is -0.480 e. The third kappa shape index (κ3) is 6.82. The standard InChI is InChI=1S/C25H35FN2O7S/c1-3-35-25(32)21(13-12-18-8-5-4-6-9-18)27(14-15-36(26,33)34)17(2)23(29)28-20-11-7-10-19(20)16-22(28)24(30)31/h4-6,8-9,17,19-22H,3,7,10-16H2,1-2H3,(H,30,31)/t17-,19-,20-,21-,22-/m0/s1. The first kappa shape index (κ1) is 28.0. The van der Waals surface area contributed by atoms with Crippen LogP contribution in [0.4, 0.5) is 3.89 Å². The number of aryl methyl sites for hydroxylation is 1. The molecule has 1 saturated heterocycles. The van der Waals surface area contributed by atoms with E-state index in [1.54, 1.807) is 6.92 Å². The third-order valence-corrected chi connectivity index (χ3v) is 8.00. The first-order valence-corrected chi connectivity index (χ1v) is 14.0. The summed E-state index contributed by atoms with van der Waals surface area (Å²) in [5, 5.41) is 9.79. The number of fused-ring (bicyclic) bond motifs is 1. The fraction of sp³-hybridized carbons (Fsp3) is 0.640. The molecule has 1 saturated carbocycles. The second-order valence-electron chi connectivity index (χ2n) is 9.54. The Morgan fingerprint density at radius 1 is 1.22 bits per heavy atom. The molecule has 2 aliphatic rings. The molecule has 1 aromatic rings. The highest BCUT2D eigenvalue weighted by Gasteiger charge is 2.50. The summed E-state index contributed by atoms with van der Waals surface area (Å²) in [4.78, 5) is 41.5. The van der Waals surface area contributed by atoms with Crippen LogP contribution in [0.1, 0.15) is 51.5 Å². The lowest BCUT2D eigenvalue weighted by Gasteiger charge is -2.38. The number of carboxylic acid groups (broad SMARTS) is 1. The Morgan fingerprint density at radius 2 is 1.92 bits per heavy atom. The molecule has 0 spiro atoms. The van der Waals surface area contributed by atoms with Gasteiger partial charge >= 0.3 is 22.2 Å². The number of halogens is 1. The van der Waals surface area contributed by atoms with Crippen molar-refractivity contribution in [3.8, 4) is 0 Å². The molecule has 1 heterocycles. The maximum absolute atomic E-state index is 13.8. The Bertz CT molecular complexity index is 1040. The van der Waals surface area contributed by atoms with E-state index < -0.39 is 58.5 Å². The summed E-state index contributed by atoms with van der Waals surface area (Å²) in [5.41, 5.74) is 0.933. The van der Waals surface area contributed by atoms with Gasteiger partial charge < -0.3 is 14.7 Å². The highest BCUT2D eigenvalue weighted by molar-refractivity contribution is 7.86. The van der Waals surface area contributed by atoms with Crippen molar-refractivity contribution in [3.05, 3.63) is 35.9 Å². The van der Waals surface area contributed by atoms with Gasteiger partial charge in [0, 0.05) is 12.6 Å². The highest BCUT2D eigenvalue weighted by atomic mass is 32.3. The first-order valence-electron chi connectivity index (χ1n) is 12.5. The van der Waals surface area contributed by atoms with Gasteiger partial charge in [-0.3, -0.25) is 14.5 Å². The van der Waals surface area contributed by atoms with Crippen molar-refractivity contribution < 1.29 is 36.5 Å². The van der Waals surface area contributed by atoms with E-state index in [4.69, 9.17) is 4.74 Å². The fourth-order valence-corrected chi connectivity index (χ4v) is 6.05. The zero-order chi connectivity index (χ0) is 26.5. The van der Waals surface area contributed by atoms with Gasteiger partial charge in [-0.25, -0.2) is 4.79 Å². The molecule has 0 aromatic heterocycles. The molecule has 3 rings (SSSR count). The van der Waals surface area contributed by atoms with Crippen molar-refractivity contribution in [1.82, 2.24) is 9.80 Å². The largest absolute Gasteiger partial charge is 0.480 e. The van der Waals surface area contributed by atoms with Gasteiger partial charge in [0.25, 0.3) is 0 Å². The number of esters is 1. The molecule has 5 atom stereocenters. The predicted octanol–water partition coefficient (Wildman–Crippen LogP) is 2.39. The van der Waals surface area contributed by atoms with Crippen molar-refractivity contribution >= 4 is 28.1 Å². The molecule has 9 nitrogen and oxygen atoms in total. The SMILES string of the molecule is CCOC(=O)[C@H](CCc1ccccc1)N(CCS(=O)(=O)F)[C@@H](C)C(=O)N1[C@H](C(=O)O)C[C@@H]2CCC[C@@H]21. The van der Waals surface area contributed by atoms with Crippen LogP contribution in [-0.2, 0) is 35.8 Å². The molecular formula is C25H35FN2O7S. The van der Waals surface area contributed by atoms with Crippen molar-refractivity contribution in [1.29, 1.82) is 0 Å². The molecule has 11 heteroatoms. The Labute approximate surface area is 211 Å². The van der Waals surface area contributed by atoms with E-state index in [0.29, 0.717) is 19.3 Å². The van der Waals surface area contributed by atoms with E-state index >= 15 is 0 Å². The summed E-state index contributed by atoms with van der Waals surface area (Å²) in [7, 11) is -4.89. The van der Waals surface area contributed by atoms with Gasteiger partial charge in [0.2, 0.25) is 5.91 Å². The quantitative estimate of drug-likeness (QED) is 0.326. The Kier molecular flexibility index (Phi) is 9.46. The lowest BCUT2D eigenvalue weighted by molar-refractivity contribution is -0.157. The summed E-state index contributed by atoms with van der Waals surface area (Å²) in [6, 6.07) is 6.07. The van der Waals surface area contributed by atoms with Crippen LogP contribution in [0.3, 0.4) is 0 Å². The van der Waals surface area contributed by atoms with Crippen molar-refractivity contribution in [2.24, 2.45) is 5.92 Å². The van der Waals surface area contributed by atoms with Crippen LogP contribution in [0.2, 0.25) is 0 Å². The number of likely N-dealkylation sites (tertiary alicyclic amines) is 1. The molecule has 0 radical (unpaired) electrons. The number of benzene rings is 1. The Balaban J connectivity index is 1.91. The summed E-state index contributed by atoms with van der Waals surface area (Å²) in [6.07, 6.45) is 3.45. The van der Waals surface area contributed by atoms with Gasteiger partial charge in [0.15, 0.2) is 0 Å². The van der Waals surface area contributed by atoms with Crippen LogP contribution in [0, 0.1) is 5.92 Å². The minimum absolute atomic E-state index is 0.0786. The average molecular weight is 527 g/mol. The fourth-order valence-electron chi connectivity index (χ4n) is 5.62. The van der Waals surface area contributed by atoms with Crippen LogP contribution in [0.5, 0.6) is 0 Å². The van der Waals surface area contributed by atoms with Gasteiger partial charge in [0.1, 0.15) is 12.1 Å². The number of aliphatic carboxylic acids is 1. The molecule has 1 aliphatic heterocycles. The highest BCUT2D eigenvalue weighted by Crippen LogP contribution is 2.42. The second kappa shape index (κ2) is 12.1. The molecule has 1 aromatic carbocycles. The maximum atomic E-state index is 13.8. The number of nitrogens with zero attached hydrogens (tertiary/aromatic N) is 2. The van der Waals surface area contributed by atoms with Gasteiger partial charge in [-0.2, -0.15) is 8.42 Å². The second-order valence-corrected chi connectivity index (χ2v) is 11.0.